The first kappa shape index (κ1) is 13.9. The molecule has 1 heterocycles. The molecule has 2 aliphatic carbocycles. The van der Waals surface area contributed by atoms with E-state index < -0.39 is 0 Å². The van der Waals surface area contributed by atoms with Crippen LogP contribution in [0.2, 0.25) is 0 Å². The van der Waals surface area contributed by atoms with Crippen LogP contribution >= 0.6 is 0 Å². The molecule has 1 aliphatic heterocycles. The second-order valence-electron chi connectivity index (χ2n) is 7.26. The van der Waals surface area contributed by atoms with Crippen molar-refractivity contribution in [3.05, 3.63) is 0 Å². The van der Waals surface area contributed by atoms with E-state index >= 15 is 0 Å². The normalized spacial score (nSPS) is 32.5. The van der Waals surface area contributed by atoms with Crippen LogP contribution in [-0.4, -0.2) is 35.3 Å². The van der Waals surface area contributed by atoms with Gasteiger partial charge in [-0.2, -0.15) is 0 Å². The predicted octanol–water partition coefficient (Wildman–Crippen LogP) is 1.94. The number of hydrogen-bond acceptors (Lipinski definition) is 2. The lowest BCUT2D eigenvalue weighted by molar-refractivity contribution is -0.151. The Morgan fingerprint density at radius 3 is 2.40 bits per heavy atom. The average Bonchev–Trinajstić information content (AvgIpc) is 3.25. The van der Waals surface area contributed by atoms with Crippen LogP contribution < -0.4 is 5.32 Å². The van der Waals surface area contributed by atoms with E-state index in [4.69, 9.17) is 0 Å². The van der Waals surface area contributed by atoms with Crippen LogP contribution in [0, 0.1) is 17.3 Å². The fourth-order valence-electron chi connectivity index (χ4n) is 3.72. The fourth-order valence-corrected chi connectivity index (χ4v) is 3.72. The van der Waals surface area contributed by atoms with Crippen molar-refractivity contribution < 1.29 is 9.59 Å². The van der Waals surface area contributed by atoms with Gasteiger partial charge in [0, 0.05) is 6.54 Å². The zero-order chi connectivity index (χ0) is 14.5. The molecule has 1 N–H and O–H groups in total. The molecule has 2 atom stereocenters. The number of rotatable bonds is 5. The van der Waals surface area contributed by atoms with Gasteiger partial charge in [0.25, 0.3) is 0 Å². The monoisotopic (exact) mass is 278 g/mol. The molecule has 1 saturated heterocycles. The Morgan fingerprint density at radius 1 is 1.30 bits per heavy atom. The zero-order valence-electron chi connectivity index (χ0n) is 12.8. The van der Waals surface area contributed by atoms with Gasteiger partial charge in [-0.05, 0) is 49.4 Å². The minimum absolute atomic E-state index is 0.0393. The van der Waals surface area contributed by atoms with Crippen molar-refractivity contribution in [3.63, 3.8) is 0 Å². The van der Waals surface area contributed by atoms with Gasteiger partial charge in [-0.3, -0.25) is 9.59 Å². The molecule has 0 aromatic rings. The molecule has 112 valence electrons. The minimum atomic E-state index is -0.333. The molecule has 20 heavy (non-hydrogen) atoms. The minimum Gasteiger partial charge on any atom is -0.342 e. The molecule has 3 aliphatic rings. The summed E-state index contributed by atoms with van der Waals surface area (Å²) >= 11 is 0. The largest absolute Gasteiger partial charge is 0.342 e. The summed E-state index contributed by atoms with van der Waals surface area (Å²) < 4.78 is 0. The number of carbonyl (C=O) groups excluding carboxylic acids is 2. The Labute approximate surface area is 121 Å². The second kappa shape index (κ2) is 4.74. The molecule has 4 nitrogen and oxygen atoms in total. The van der Waals surface area contributed by atoms with E-state index in [1.807, 2.05) is 25.7 Å². The van der Waals surface area contributed by atoms with Crippen molar-refractivity contribution in [2.24, 2.45) is 17.3 Å². The van der Waals surface area contributed by atoms with E-state index in [0.29, 0.717) is 11.8 Å². The summed E-state index contributed by atoms with van der Waals surface area (Å²) in [4.78, 5) is 26.9. The summed E-state index contributed by atoms with van der Waals surface area (Å²) in [7, 11) is 0. The highest BCUT2D eigenvalue weighted by molar-refractivity contribution is 5.97. The number of amides is 2. The van der Waals surface area contributed by atoms with Crippen LogP contribution in [0.4, 0.5) is 0 Å². The van der Waals surface area contributed by atoms with Gasteiger partial charge in [0.15, 0.2) is 0 Å². The third-order valence-corrected chi connectivity index (χ3v) is 5.40. The molecule has 0 aromatic carbocycles. The Hall–Kier alpha value is -1.06. The molecule has 2 amide bonds. The van der Waals surface area contributed by atoms with Gasteiger partial charge in [-0.15, -0.1) is 0 Å². The third-order valence-electron chi connectivity index (χ3n) is 5.40. The lowest BCUT2D eigenvalue weighted by atomic mass is 9.93. The summed E-state index contributed by atoms with van der Waals surface area (Å²) in [5.74, 6) is 1.15. The van der Waals surface area contributed by atoms with E-state index in [1.165, 1.54) is 25.7 Å². The number of piperazine rings is 1. The summed E-state index contributed by atoms with van der Waals surface area (Å²) in [6.45, 7) is 6.81. The molecule has 0 radical (unpaired) electrons. The summed E-state index contributed by atoms with van der Waals surface area (Å²) in [6.07, 6.45) is 5.83. The third kappa shape index (κ3) is 2.23. The molecule has 3 fully saturated rings. The van der Waals surface area contributed by atoms with Crippen molar-refractivity contribution in [3.8, 4) is 0 Å². The van der Waals surface area contributed by atoms with Gasteiger partial charge in [0.2, 0.25) is 11.8 Å². The molecule has 2 saturated carbocycles. The van der Waals surface area contributed by atoms with Gasteiger partial charge in [0.05, 0.1) is 0 Å². The van der Waals surface area contributed by atoms with E-state index in [-0.39, 0.29) is 29.8 Å². The standard InChI is InChI=1S/C16H26N2O2/c1-4-12-14(19)17-13(10(2)3)15(20)18(12)9-16(7-8-16)11-5-6-11/h10-13H,4-9H2,1-3H3,(H,17,19). The van der Waals surface area contributed by atoms with Crippen molar-refractivity contribution >= 4 is 11.8 Å². The van der Waals surface area contributed by atoms with Crippen LogP contribution in [0.25, 0.3) is 0 Å². The van der Waals surface area contributed by atoms with Crippen LogP contribution in [0.1, 0.15) is 52.9 Å². The number of carbonyl (C=O) groups is 2. The second-order valence-corrected chi connectivity index (χ2v) is 7.26. The first-order chi connectivity index (χ1) is 9.48. The summed E-state index contributed by atoms with van der Waals surface area (Å²) in [6, 6.07) is -0.589. The molecular weight excluding hydrogens is 252 g/mol. The molecule has 3 rings (SSSR count). The van der Waals surface area contributed by atoms with Crippen molar-refractivity contribution in [2.45, 2.75) is 65.0 Å². The van der Waals surface area contributed by atoms with Gasteiger partial charge < -0.3 is 10.2 Å². The van der Waals surface area contributed by atoms with E-state index in [9.17, 15) is 9.59 Å². The van der Waals surface area contributed by atoms with Gasteiger partial charge >= 0.3 is 0 Å². The van der Waals surface area contributed by atoms with E-state index in [0.717, 1.165) is 12.5 Å². The topological polar surface area (TPSA) is 49.4 Å². The van der Waals surface area contributed by atoms with Crippen molar-refractivity contribution in [2.75, 3.05) is 6.54 Å². The maximum absolute atomic E-state index is 12.7. The van der Waals surface area contributed by atoms with E-state index in [2.05, 4.69) is 5.32 Å². The molecule has 4 heteroatoms. The first-order valence-corrected chi connectivity index (χ1v) is 8.09. The number of nitrogens with zero attached hydrogens (tertiary/aromatic N) is 1. The summed E-state index contributed by atoms with van der Waals surface area (Å²) in [5, 5.41) is 2.92. The van der Waals surface area contributed by atoms with Crippen LogP contribution in [-0.2, 0) is 9.59 Å². The van der Waals surface area contributed by atoms with Crippen LogP contribution in [0.5, 0.6) is 0 Å². The van der Waals surface area contributed by atoms with Crippen LogP contribution in [0.3, 0.4) is 0 Å². The average molecular weight is 278 g/mol. The Bertz CT molecular complexity index is 424. The highest BCUT2D eigenvalue weighted by Gasteiger charge is 2.56. The SMILES string of the molecule is CCC1C(=O)NC(C(C)C)C(=O)N1CC1(C2CC2)CC1. The molecule has 0 aromatic heterocycles. The van der Waals surface area contributed by atoms with Crippen LogP contribution in [0.15, 0.2) is 0 Å². The Kier molecular flexibility index (Phi) is 3.30. The Balaban J connectivity index is 1.79. The smallest absolute Gasteiger partial charge is 0.246 e. The fraction of sp³-hybridized carbons (Fsp3) is 0.875. The highest BCUT2D eigenvalue weighted by Crippen LogP contribution is 2.61. The lowest BCUT2D eigenvalue weighted by Gasteiger charge is -2.41. The van der Waals surface area contributed by atoms with Crippen molar-refractivity contribution in [1.29, 1.82) is 0 Å². The van der Waals surface area contributed by atoms with Gasteiger partial charge in [-0.1, -0.05) is 20.8 Å². The molecular formula is C16H26N2O2. The molecule has 2 unspecified atom stereocenters. The molecule has 0 spiro atoms. The summed E-state index contributed by atoms with van der Waals surface area (Å²) in [5.41, 5.74) is 0.363. The van der Waals surface area contributed by atoms with Gasteiger partial charge in [0.1, 0.15) is 12.1 Å². The van der Waals surface area contributed by atoms with E-state index in [1.54, 1.807) is 0 Å². The highest BCUT2D eigenvalue weighted by atomic mass is 16.2. The first-order valence-electron chi connectivity index (χ1n) is 8.09. The predicted molar refractivity (Wildman–Crippen MR) is 77.0 cm³/mol. The van der Waals surface area contributed by atoms with Crippen molar-refractivity contribution in [1.82, 2.24) is 10.2 Å². The number of nitrogens with one attached hydrogen (secondary N) is 1. The Morgan fingerprint density at radius 2 is 1.95 bits per heavy atom. The maximum atomic E-state index is 12.7. The quantitative estimate of drug-likeness (QED) is 0.835. The lowest BCUT2D eigenvalue weighted by Crippen LogP contribution is -2.65. The molecule has 0 bridgehead atoms. The number of hydrogen-bond donors (Lipinski definition) is 1. The van der Waals surface area contributed by atoms with Gasteiger partial charge in [-0.25, -0.2) is 0 Å². The maximum Gasteiger partial charge on any atom is 0.246 e. The zero-order valence-corrected chi connectivity index (χ0v) is 12.8.